The van der Waals surface area contributed by atoms with Gasteiger partial charge in [0.1, 0.15) is 5.75 Å². The molecule has 52 valence electrons. The lowest BCUT2D eigenvalue weighted by Gasteiger charge is -1.97. The van der Waals surface area contributed by atoms with Crippen LogP contribution in [-0.2, 0) is 0 Å². The summed E-state index contributed by atoms with van der Waals surface area (Å²) in [5.74, 6) is 0.856. The first kappa shape index (κ1) is 7.09. The van der Waals surface area contributed by atoms with E-state index in [1.807, 2.05) is 12.1 Å². The number of ether oxygens (including phenoxy) is 1. The van der Waals surface area contributed by atoms with Gasteiger partial charge in [0.25, 0.3) is 0 Å². The van der Waals surface area contributed by atoms with Crippen LogP contribution in [0.1, 0.15) is 0 Å². The lowest BCUT2D eigenvalue weighted by atomic mass is 10.3. The number of hydrogen-bond donors (Lipinski definition) is 0. The molecule has 0 aromatic heterocycles. The fourth-order valence-electron chi connectivity index (χ4n) is 0.713. The molecule has 0 atom stereocenters. The van der Waals surface area contributed by atoms with Crippen LogP contribution in [0.4, 0.5) is 0 Å². The van der Waals surface area contributed by atoms with Crippen molar-refractivity contribution >= 4 is 15.4 Å². The maximum atomic E-state index is 5.04. The van der Waals surface area contributed by atoms with E-state index in [0.29, 0.717) is 0 Å². The number of hydrogen-bond acceptors (Lipinski definition) is 1. The van der Waals surface area contributed by atoms with Crippen molar-refractivity contribution < 1.29 is 4.74 Å². The molecule has 0 aliphatic carbocycles. The lowest BCUT2D eigenvalue weighted by molar-refractivity contribution is 0.483. The quantitative estimate of drug-likeness (QED) is 0.432. The Morgan fingerprint density at radius 2 is 1.90 bits per heavy atom. The minimum Gasteiger partial charge on any atom is -0.466 e. The molecular formula is C8H10OSi. The van der Waals surface area contributed by atoms with Gasteiger partial charge in [-0.2, -0.15) is 0 Å². The summed E-state index contributed by atoms with van der Waals surface area (Å²) in [5.41, 5.74) is 0. The fourth-order valence-corrected chi connectivity index (χ4v) is 1.05. The molecule has 0 radical (unpaired) electrons. The smallest absolute Gasteiger partial charge is 0.126 e. The Morgan fingerprint density at radius 3 is 2.40 bits per heavy atom. The Labute approximate surface area is 63.8 Å². The average Bonchev–Trinajstić information content (AvgIpc) is 1.95. The second kappa shape index (κ2) is 3.22. The van der Waals surface area contributed by atoms with E-state index in [-0.39, 0.29) is 0 Å². The zero-order chi connectivity index (χ0) is 7.40. The van der Waals surface area contributed by atoms with Crippen LogP contribution in [-0.4, -0.2) is 10.2 Å². The summed E-state index contributed by atoms with van der Waals surface area (Å²) in [6.07, 6.45) is 1.43. The van der Waals surface area contributed by atoms with Crippen molar-refractivity contribution in [2.24, 2.45) is 0 Å². The van der Waals surface area contributed by atoms with Gasteiger partial charge in [-0.15, -0.1) is 0 Å². The second-order valence-electron chi connectivity index (χ2n) is 2.10. The van der Waals surface area contributed by atoms with Crippen LogP contribution in [0.5, 0.6) is 5.75 Å². The van der Waals surface area contributed by atoms with E-state index >= 15 is 0 Å². The molecule has 0 saturated carbocycles. The molecule has 0 fully saturated rings. The topological polar surface area (TPSA) is 9.23 Å². The van der Waals surface area contributed by atoms with Gasteiger partial charge in [-0.1, -0.05) is 23.9 Å². The van der Waals surface area contributed by atoms with Gasteiger partial charge < -0.3 is 4.74 Å². The van der Waals surface area contributed by atoms with E-state index in [9.17, 15) is 0 Å². The largest absolute Gasteiger partial charge is 0.466 e. The van der Waals surface area contributed by atoms with E-state index < -0.39 is 0 Å². The highest BCUT2D eigenvalue weighted by Crippen LogP contribution is 2.06. The molecule has 0 aliphatic heterocycles. The molecule has 0 saturated heterocycles. The monoisotopic (exact) mass is 150 g/mol. The molecule has 1 aromatic carbocycles. The van der Waals surface area contributed by atoms with Gasteiger partial charge in [-0.05, 0) is 12.1 Å². The molecular weight excluding hydrogens is 140 g/mol. The maximum Gasteiger partial charge on any atom is 0.126 e. The first-order chi connectivity index (χ1) is 4.83. The van der Waals surface area contributed by atoms with Crippen molar-refractivity contribution in [3.63, 3.8) is 0 Å². The molecule has 0 amide bonds. The van der Waals surface area contributed by atoms with Crippen molar-refractivity contribution in [1.82, 2.24) is 0 Å². The van der Waals surface area contributed by atoms with E-state index in [0.717, 1.165) is 16.0 Å². The van der Waals surface area contributed by atoms with Crippen LogP contribution >= 0.6 is 0 Å². The molecule has 0 unspecified atom stereocenters. The van der Waals surface area contributed by atoms with Crippen LogP contribution in [0.2, 0.25) is 0 Å². The summed E-state index contributed by atoms with van der Waals surface area (Å²) < 4.78 is 5.04. The van der Waals surface area contributed by atoms with E-state index in [1.165, 1.54) is 11.4 Å². The minimum absolute atomic E-state index is 0.856. The van der Waals surface area contributed by atoms with Crippen molar-refractivity contribution in [3.8, 4) is 5.75 Å². The van der Waals surface area contributed by atoms with Crippen LogP contribution in [0, 0.1) is 0 Å². The van der Waals surface area contributed by atoms with Gasteiger partial charge in [0.2, 0.25) is 0 Å². The Kier molecular flexibility index (Phi) is 2.28. The van der Waals surface area contributed by atoms with E-state index in [1.54, 1.807) is 0 Å². The van der Waals surface area contributed by atoms with E-state index in [4.69, 9.17) is 4.74 Å². The lowest BCUT2D eigenvalue weighted by Crippen LogP contribution is -1.98. The Hall–Kier alpha value is -1.02. The molecule has 0 N–H and O–H groups in total. The highest BCUT2D eigenvalue weighted by atomic mass is 28.1. The first-order valence-corrected chi connectivity index (χ1v) is 4.17. The standard InChI is InChI=1S/C8H10OSi/c1-2-9-7-3-5-8(10)6-4-7/h2-6H,1H2,10H3. The summed E-state index contributed by atoms with van der Waals surface area (Å²) in [4.78, 5) is 0. The third-order valence-electron chi connectivity index (χ3n) is 1.24. The van der Waals surface area contributed by atoms with Crippen molar-refractivity contribution in [2.45, 2.75) is 0 Å². The SMILES string of the molecule is C=COc1ccc([SiH3])cc1. The third-order valence-corrected chi connectivity index (χ3v) is 1.91. The molecule has 0 aliphatic rings. The highest BCUT2D eigenvalue weighted by Gasteiger charge is 1.86. The second-order valence-corrected chi connectivity index (χ2v) is 3.25. The predicted octanol–water partition coefficient (Wildman–Crippen LogP) is 0.200. The van der Waals surface area contributed by atoms with Crippen LogP contribution in [0.15, 0.2) is 37.1 Å². The zero-order valence-corrected chi connectivity index (χ0v) is 8.00. The average molecular weight is 150 g/mol. The summed E-state index contributed by atoms with van der Waals surface area (Å²) in [7, 11) is 1.09. The molecule has 0 spiro atoms. The predicted molar refractivity (Wildman–Crippen MR) is 46.8 cm³/mol. The van der Waals surface area contributed by atoms with Gasteiger partial charge in [0, 0.05) is 10.2 Å². The van der Waals surface area contributed by atoms with Gasteiger partial charge >= 0.3 is 0 Å². The van der Waals surface area contributed by atoms with Gasteiger partial charge in [0.05, 0.1) is 6.26 Å². The fraction of sp³-hybridized carbons (Fsp3) is 0. The van der Waals surface area contributed by atoms with Gasteiger partial charge in [-0.3, -0.25) is 0 Å². The Balaban J connectivity index is 2.78. The summed E-state index contributed by atoms with van der Waals surface area (Å²) in [6.45, 7) is 3.46. The van der Waals surface area contributed by atoms with Crippen LogP contribution in [0.25, 0.3) is 0 Å². The van der Waals surface area contributed by atoms with Crippen molar-refractivity contribution in [2.75, 3.05) is 0 Å². The molecule has 0 heterocycles. The van der Waals surface area contributed by atoms with Crippen molar-refractivity contribution in [1.29, 1.82) is 0 Å². The maximum absolute atomic E-state index is 5.04. The molecule has 10 heavy (non-hydrogen) atoms. The van der Waals surface area contributed by atoms with Crippen molar-refractivity contribution in [3.05, 3.63) is 37.1 Å². The van der Waals surface area contributed by atoms with Gasteiger partial charge in [0.15, 0.2) is 0 Å². The Morgan fingerprint density at radius 1 is 1.30 bits per heavy atom. The van der Waals surface area contributed by atoms with E-state index in [2.05, 4.69) is 18.7 Å². The summed E-state index contributed by atoms with van der Waals surface area (Å²) >= 11 is 0. The molecule has 0 bridgehead atoms. The van der Waals surface area contributed by atoms with Crippen LogP contribution < -0.4 is 9.92 Å². The van der Waals surface area contributed by atoms with Gasteiger partial charge in [-0.25, -0.2) is 0 Å². The molecule has 1 rings (SSSR count). The highest BCUT2D eigenvalue weighted by molar-refractivity contribution is 6.32. The molecule has 1 nitrogen and oxygen atoms in total. The molecule has 1 aromatic rings. The Bertz CT molecular complexity index is 215. The third kappa shape index (κ3) is 1.74. The first-order valence-electron chi connectivity index (χ1n) is 3.17. The number of benzene rings is 1. The molecule has 2 heteroatoms. The summed E-state index contributed by atoms with van der Waals surface area (Å²) in [6, 6.07) is 8.02. The summed E-state index contributed by atoms with van der Waals surface area (Å²) in [5, 5.41) is 1.37. The normalized spacial score (nSPS) is 9.20. The zero-order valence-electron chi connectivity index (χ0n) is 6.00. The number of rotatable bonds is 2. The van der Waals surface area contributed by atoms with Crippen LogP contribution in [0.3, 0.4) is 0 Å². The minimum atomic E-state index is 0.856.